The topological polar surface area (TPSA) is 105 Å². The number of benzene rings is 2. The first kappa shape index (κ1) is 22.2. The quantitative estimate of drug-likeness (QED) is 0.620. The molecule has 1 aliphatic heterocycles. The third kappa shape index (κ3) is 4.73. The van der Waals surface area contributed by atoms with Gasteiger partial charge >= 0.3 is 6.01 Å². The lowest BCUT2D eigenvalue weighted by Gasteiger charge is -2.19. The molecule has 1 saturated heterocycles. The maximum absolute atomic E-state index is 12.9. The summed E-state index contributed by atoms with van der Waals surface area (Å²) < 4.78 is 32.9. The second-order valence-corrected chi connectivity index (χ2v) is 9.95. The molecule has 8 nitrogen and oxygen atoms in total. The van der Waals surface area contributed by atoms with E-state index in [0.29, 0.717) is 24.5 Å². The molecular weight excluding hydrogens is 428 g/mol. The molecule has 0 aliphatic carbocycles. The first-order chi connectivity index (χ1) is 15.3. The molecule has 9 heteroatoms. The maximum atomic E-state index is 12.9. The number of sulfonamides is 1. The first-order valence-electron chi connectivity index (χ1n) is 10.7. The molecule has 0 bridgehead atoms. The molecule has 1 aliphatic rings. The Labute approximate surface area is 187 Å². The van der Waals surface area contributed by atoms with Crippen LogP contribution < -0.4 is 5.32 Å². The van der Waals surface area contributed by atoms with Crippen LogP contribution in [0.25, 0.3) is 11.5 Å². The highest BCUT2D eigenvalue weighted by Crippen LogP contribution is 2.23. The van der Waals surface area contributed by atoms with Gasteiger partial charge in [0, 0.05) is 24.2 Å². The lowest BCUT2D eigenvalue weighted by atomic mass is 10.1. The number of amides is 1. The van der Waals surface area contributed by atoms with Gasteiger partial charge in [0.2, 0.25) is 15.9 Å². The minimum absolute atomic E-state index is 0.0236. The van der Waals surface area contributed by atoms with Crippen LogP contribution in [0, 0.1) is 13.8 Å². The van der Waals surface area contributed by atoms with Crippen LogP contribution in [0.2, 0.25) is 0 Å². The van der Waals surface area contributed by atoms with E-state index in [9.17, 15) is 13.2 Å². The van der Waals surface area contributed by atoms with Gasteiger partial charge in [-0.05, 0) is 74.2 Å². The Kier molecular flexibility index (Phi) is 6.38. The number of hydrogen-bond donors (Lipinski definition) is 1. The summed E-state index contributed by atoms with van der Waals surface area (Å²) in [4.78, 5) is 12.8. The van der Waals surface area contributed by atoms with E-state index in [-0.39, 0.29) is 10.9 Å². The Balaban J connectivity index is 1.45. The molecule has 4 rings (SSSR count). The fraction of sp³-hybridized carbons (Fsp3) is 0.348. The highest BCUT2D eigenvalue weighted by Gasteiger charge is 2.25. The molecule has 32 heavy (non-hydrogen) atoms. The van der Waals surface area contributed by atoms with E-state index >= 15 is 0 Å². The van der Waals surface area contributed by atoms with Gasteiger partial charge in [0.25, 0.3) is 5.91 Å². The molecular formula is C23H26N4O4S. The van der Waals surface area contributed by atoms with Crippen LogP contribution in [0.15, 0.2) is 51.8 Å². The summed E-state index contributed by atoms with van der Waals surface area (Å²) in [6.07, 6.45) is 3.83. The second kappa shape index (κ2) is 9.22. The summed E-state index contributed by atoms with van der Waals surface area (Å²) in [5.41, 5.74) is 3.32. The molecule has 2 aromatic carbocycles. The van der Waals surface area contributed by atoms with Crippen molar-refractivity contribution in [1.82, 2.24) is 14.5 Å². The summed E-state index contributed by atoms with van der Waals surface area (Å²) in [6.45, 7) is 5.08. The monoisotopic (exact) mass is 454 g/mol. The standard InChI is InChI=1S/C23H26N4O4S/c1-16-7-8-19(15-17(16)2)22-25-26-23(31-22)24-21(28)18-9-11-20(12-10-18)32(29,30)27-13-5-3-4-6-14-27/h7-12,15H,3-6,13-14H2,1-2H3,(H,24,26,28). The van der Waals surface area contributed by atoms with Gasteiger partial charge < -0.3 is 4.42 Å². The van der Waals surface area contributed by atoms with Crippen molar-refractivity contribution in [2.24, 2.45) is 0 Å². The van der Waals surface area contributed by atoms with Crippen molar-refractivity contribution >= 4 is 21.9 Å². The highest BCUT2D eigenvalue weighted by atomic mass is 32.2. The molecule has 3 aromatic rings. The lowest BCUT2D eigenvalue weighted by molar-refractivity contribution is 0.102. The van der Waals surface area contributed by atoms with Crippen LogP contribution in [0.1, 0.15) is 47.2 Å². The van der Waals surface area contributed by atoms with Crippen LogP contribution in [-0.2, 0) is 10.0 Å². The van der Waals surface area contributed by atoms with E-state index < -0.39 is 15.9 Å². The van der Waals surface area contributed by atoms with Crippen molar-refractivity contribution in [2.75, 3.05) is 18.4 Å². The van der Waals surface area contributed by atoms with E-state index in [1.165, 1.54) is 28.6 Å². The minimum atomic E-state index is -3.56. The number of nitrogens with one attached hydrogen (secondary N) is 1. The molecule has 1 N–H and O–H groups in total. The fourth-order valence-electron chi connectivity index (χ4n) is 3.64. The number of rotatable bonds is 5. The third-order valence-electron chi connectivity index (χ3n) is 5.72. The van der Waals surface area contributed by atoms with Gasteiger partial charge in [-0.25, -0.2) is 8.42 Å². The normalized spacial score (nSPS) is 15.3. The van der Waals surface area contributed by atoms with Gasteiger partial charge in [0.15, 0.2) is 0 Å². The average Bonchev–Trinajstić information content (AvgIpc) is 3.06. The predicted molar refractivity (Wildman–Crippen MR) is 121 cm³/mol. The predicted octanol–water partition coefficient (Wildman–Crippen LogP) is 4.17. The Bertz CT molecular complexity index is 1210. The van der Waals surface area contributed by atoms with Crippen LogP contribution >= 0.6 is 0 Å². The SMILES string of the molecule is Cc1ccc(-c2nnc(NC(=O)c3ccc(S(=O)(=O)N4CCCCCC4)cc3)o2)cc1C. The average molecular weight is 455 g/mol. The lowest BCUT2D eigenvalue weighted by Crippen LogP contribution is -2.31. The third-order valence-corrected chi connectivity index (χ3v) is 7.63. The Morgan fingerprint density at radius 1 is 0.938 bits per heavy atom. The van der Waals surface area contributed by atoms with Crippen molar-refractivity contribution in [3.05, 3.63) is 59.2 Å². The number of carbonyl (C=O) groups is 1. The molecule has 0 spiro atoms. The van der Waals surface area contributed by atoms with E-state index in [0.717, 1.165) is 42.4 Å². The van der Waals surface area contributed by atoms with Crippen LogP contribution in [0.4, 0.5) is 6.01 Å². The van der Waals surface area contributed by atoms with Gasteiger partial charge in [-0.2, -0.15) is 4.31 Å². The van der Waals surface area contributed by atoms with Crippen molar-refractivity contribution in [3.63, 3.8) is 0 Å². The second-order valence-electron chi connectivity index (χ2n) is 8.01. The van der Waals surface area contributed by atoms with Crippen molar-refractivity contribution in [3.8, 4) is 11.5 Å². The summed E-state index contributed by atoms with van der Waals surface area (Å²) >= 11 is 0. The van der Waals surface area contributed by atoms with Gasteiger partial charge in [-0.1, -0.05) is 24.0 Å². The maximum Gasteiger partial charge on any atom is 0.322 e. The van der Waals surface area contributed by atoms with Gasteiger partial charge in [-0.3, -0.25) is 10.1 Å². The Hall–Kier alpha value is -3.04. The summed E-state index contributed by atoms with van der Waals surface area (Å²) in [6, 6.07) is 11.7. The van der Waals surface area contributed by atoms with Crippen molar-refractivity contribution in [2.45, 2.75) is 44.4 Å². The van der Waals surface area contributed by atoms with Crippen LogP contribution in [0.5, 0.6) is 0 Å². The van der Waals surface area contributed by atoms with Gasteiger partial charge in [0.05, 0.1) is 4.90 Å². The van der Waals surface area contributed by atoms with E-state index in [4.69, 9.17) is 4.42 Å². The zero-order chi connectivity index (χ0) is 22.7. The fourth-order valence-corrected chi connectivity index (χ4v) is 5.16. The smallest absolute Gasteiger partial charge is 0.322 e. The highest BCUT2D eigenvalue weighted by molar-refractivity contribution is 7.89. The molecule has 2 heterocycles. The number of hydrogen-bond acceptors (Lipinski definition) is 6. The van der Waals surface area contributed by atoms with Crippen LogP contribution in [-0.4, -0.2) is 41.9 Å². The van der Waals surface area contributed by atoms with Crippen LogP contribution in [0.3, 0.4) is 0 Å². The molecule has 1 amide bonds. The largest absolute Gasteiger partial charge is 0.403 e. The minimum Gasteiger partial charge on any atom is -0.403 e. The van der Waals surface area contributed by atoms with E-state index in [2.05, 4.69) is 15.5 Å². The summed E-state index contributed by atoms with van der Waals surface area (Å²) in [5, 5.41) is 10.4. The molecule has 0 atom stereocenters. The molecule has 168 valence electrons. The molecule has 0 radical (unpaired) electrons. The number of aromatic nitrogens is 2. The Morgan fingerprint density at radius 2 is 1.62 bits per heavy atom. The van der Waals surface area contributed by atoms with Gasteiger partial charge in [0.1, 0.15) is 0 Å². The summed E-state index contributed by atoms with van der Waals surface area (Å²) in [7, 11) is -3.56. The molecule has 1 aromatic heterocycles. The number of anilines is 1. The first-order valence-corrected chi connectivity index (χ1v) is 12.1. The zero-order valence-electron chi connectivity index (χ0n) is 18.2. The van der Waals surface area contributed by atoms with E-state index in [1.807, 2.05) is 32.0 Å². The Morgan fingerprint density at radius 3 is 2.28 bits per heavy atom. The molecule has 0 saturated carbocycles. The summed E-state index contributed by atoms with van der Waals surface area (Å²) in [5.74, 6) is -0.152. The van der Waals surface area contributed by atoms with Crippen molar-refractivity contribution < 1.29 is 17.6 Å². The molecule has 0 unspecified atom stereocenters. The van der Waals surface area contributed by atoms with Gasteiger partial charge in [-0.15, -0.1) is 5.10 Å². The zero-order valence-corrected chi connectivity index (χ0v) is 19.0. The number of nitrogens with zero attached hydrogens (tertiary/aromatic N) is 3. The molecule has 1 fully saturated rings. The van der Waals surface area contributed by atoms with E-state index in [1.54, 1.807) is 0 Å². The number of carbonyl (C=O) groups excluding carboxylic acids is 1. The number of aryl methyl sites for hydroxylation is 2. The van der Waals surface area contributed by atoms with Crippen molar-refractivity contribution in [1.29, 1.82) is 0 Å².